The van der Waals surface area contributed by atoms with Crippen LogP contribution in [0.3, 0.4) is 0 Å². The van der Waals surface area contributed by atoms with Crippen molar-refractivity contribution < 1.29 is 213 Å². The molecule has 0 aromatic rings. The molecule has 6 bridgehead atoms. The number of hydrogen-bond acceptors (Lipinski definition) is 42. The number of carbonyl (C=O) groups is 3. The summed E-state index contributed by atoms with van der Waals surface area (Å²) >= 11 is 0. The van der Waals surface area contributed by atoms with Crippen LogP contribution in [0, 0.1) is 89.7 Å². The van der Waals surface area contributed by atoms with Gasteiger partial charge in [-0.15, -0.1) is 0 Å². The molecule has 19 aliphatic rings. The number of aliphatic carboxylic acids is 1. The highest BCUT2D eigenvalue weighted by Crippen LogP contribution is 2.78. The van der Waals surface area contributed by atoms with Crippen molar-refractivity contribution in [1.29, 1.82) is 0 Å². The highest BCUT2D eigenvalue weighted by Gasteiger charge is 2.74. The fraction of sp³-hybridized carbons (Fsp3) is 0.915. The Morgan fingerprint density at radius 3 is 1.06 bits per heavy atom. The van der Waals surface area contributed by atoms with Crippen molar-refractivity contribution in [3.63, 3.8) is 0 Å². The van der Waals surface area contributed by atoms with Crippen LogP contribution in [0.5, 0.6) is 0 Å². The molecule has 18 fully saturated rings. The van der Waals surface area contributed by atoms with Crippen molar-refractivity contribution in [2.45, 2.75) is 471 Å². The minimum atomic E-state index is -1.91. The topological polar surface area (TPSA) is 706 Å². The number of fused-ring (bicyclic) bond motifs is 9. The first kappa shape index (κ1) is 121. The van der Waals surface area contributed by atoms with E-state index in [1.54, 1.807) is 0 Å². The van der Waals surface area contributed by atoms with Crippen LogP contribution < -0.4 is 0 Å². The highest BCUT2D eigenvalue weighted by molar-refractivity contribution is 5.78. The average Bonchev–Trinajstić information content (AvgIpc) is 1.57. The molecule has 35 unspecified atom stereocenters. The monoisotopic (exact) mass is 2140 g/mol. The number of rotatable bonds is 22. The van der Waals surface area contributed by atoms with E-state index in [9.17, 15) is 147 Å². The molecule has 43 nitrogen and oxygen atoms in total. The van der Waals surface area contributed by atoms with E-state index < -0.39 is 307 Å². The van der Waals surface area contributed by atoms with Crippen molar-refractivity contribution in [2.75, 3.05) is 46.2 Å². The van der Waals surface area contributed by atoms with E-state index in [1.807, 2.05) is 27.7 Å². The van der Waals surface area contributed by atoms with E-state index in [2.05, 4.69) is 46.9 Å². The lowest BCUT2D eigenvalue weighted by Crippen LogP contribution is -2.68. The summed E-state index contributed by atoms with van der Waals surface area (Å²) in [6.07, 6.45) is -32.8. The smallest absolute Gasteiger partial charge is 0.314 e. The zero-order chi connectivity index (χ0) is 106. The van der Waals surface area contributed by atoms with Crippen molar-refractivity contribution in [1.82, 2.24) is 0 Å². The molecule has 0 aromatic carbocycles. The van der Waals surface area contributed by atoms with Crippen LogP contribution in [0.15, 0.2) is 36.0 Å². The average molecular weight is 2140 g/mol. The molecule has 7 saturated heterocycles. The summed E-state index contributed by atoms with van der Waals surface area (Å²) in [6, 6.07) is 0. The summed E-state index contributed by atoms with van der Waals surface area (Å²) in [4.78, 5) is 40.5. The number of ether oxygens (including phenoxy) is 14. The van der Waals surface area contributed by atoms with Crippen LogP contribution >= 0.6 is 0 Å². The van der Waals surface area contributed by atoms with Gasteiger partial charge in [-0.05, 0) is 260 Å². The summed E-state index contributed by atoms with van der Waals surface area (Å²) < 4.78 is 83.1. The Bertz CT molecular complexity index is 4650. The Morgan fingerprint density at radius 2 is 0.631 bits per heavy atom. The van der Waals surface area contributed by atoms with Crippen LogP contribution in [0.25, 0.3) is 0 Å². The van der Waals surface area contributed by atoms with Gasteiger partial charge in [0.05, 0.1) is 73.7 Å². The molecule has 3 spiro atoms. The van der Waals surface area contributed by atoms with E-state index in [1.165, 1.54) is 24.8 Å². The first-order chi connectivity index (χ1) is 68.7. The normalized spacial score (nSPS) is 53.5. The van der Waals surface area contributed by atoms with Gasteiger partial charge >= 0.3 is 17.9 Å². The lowest BCUT2D eigenvalue weighted by molar-refractivity contribution is -0.400. The third kappa shape index (κ3) is 20.1. The number of hydrogen-bond donors (Lipinski definition) is 26. The van der Waals surface area contributed by atoms with Crippen LogP contribution in [-0.2, 0) is 80.7 Å². The van der Waals surface area contributed by atoms with Gasteiger partial charge in [0.15, 0.2) is 31.5 Å². The number of carboxylic acids is 1. The Hall–Kier alpha value is -3.85. The summed E-state index contributed by atoms with van der Waals surface area (Å²) in [5.41, 5.74) is -1.94. The predicted octanol–water partition coefficient (Wildman–Crippen LogP) is -0.714. The summed E-state index contributed by atoms with van der Waals surface area (Å²) in [5.74, 6) is -0.870. The standard InChI is InChI=1S/2C38H60O18.C27H42O7.3CH4/c1-16-11-37-9-5-20-35(2,7-4-8-36(20,3)34(50)55-32-28(48)26(46)23(43)18(13-40)52-32)21(37)6-10-38(16,15-37)56-33-29(49)30(24(44)19(14-41)53-33)54-31-27(47)25(45)22(42)17(12-39)51-31;1-16-11-37-9-5-20-35(2,7-4-8-36(20,3)34(49)50)21(37)6-10-38(16,15-37)56-33-30(55-32-28(48)26(46)23(43)18(13-40)52-32)29(24(44)19(14-41)53-33)54-31-27(47)25(45)22(42)17(12-39)51-31;1-15-12-27-11-7-17-25(3,18(27)6-10-24(15,2)14-27)8-5-9-26(17,4)23(32)34-22-21(31)20(30)19(29)16(13-28)33-22;;;/h17-33,39-49H,1,4-15H2,2-3H3;11,17-33,39-48H,4-10,12-15H2,1-3H3,(H,49,50);16-22,28-31H,1,5-14H2,2-4H3;3*1H4/t2*17?,18?,19?,20-,21-,22?,23?,24?,25?,26?,27?,28?,29?,30?,31?,32?,33?,35+,36+,37+,38-;16?,17-,18-,19?,20?,21?,22?,24+,25+,26+,27+;;;/m000.../s1. The van der Waals surface area contributed by atoms with Gasteiger partial charge in [-0.2, -0.15) is 0 Å². The maximum atomic E-state index is 14.1. The minimum absolute atomic E-state index is 0. The number of allylic oxidation sites excluding steroid dienone is 2. The largest absolute Gasteiger partial charge is 0.481 e. The molecular formula is C106H174O43. The SMILES string of the molecule is C.C.C.C=C1C[C@@]23CC[C@H]4[C@@](C)(CCC[C@@]4(C)C(=O)OC4OC(CO)C(O)C(O)C4O)[C@@H]2CC[C@]1(C)C3.C=C1C[C@@]23CC[C@H]4[C@@](C)(CCC[C@@]4(C)C(=O)OC4OC(CO)C(O)C(O)C4O)[C@@H]2CC[C@]1(OC1OC(CO)C(O)C(OC2OC(CO)C(O)C(O)C2O)C1O)C3.CC1=C[C@@]23CC[C@H]4[C@@](C)(CCC[C@@]4(C)C(=O)O)[C@@H]2CC[C@]1(OC1OC(CO)C(O)C(OC2OC(CO)C(O)C(O)C2O)C1OC1OC(CO)C(O)C(O)C1O)C3. The quantitative estimate of drug-likeness (QED) is 0.0361. The molecule has 43 heteroatoms. The molecule has 856 valence electrons. The van der Waals surface area contributed by atoms with Gasteiger partial charge in [0.2, 0.25) is 12.6 Å². The van der Waals surface area contributed by atoms with Gasteiger partial charge in [0.25, 0.3) is 0 Å². The van der Waals surface area contributed by atoms with Crippen LogP contribution in [0.2, 0.25) is 0 Å². The number of esters is 2. The maximum Gasteiger partial charge on any atom is 0.314 e. The van der Waals surface area contributed by atoms with Gasteiger partial charge in [-0.25, -0.2) is 0 Å². The van der Waals surface area contributed by atoms with Gasteiger partial charge in [-0.3, -0.25) is 14.4 Å². The molecule has 53 atom stereocenters. The molecule has 149 heavy (non-hydrogen) atoms. The lowest BCUT2D eigenvalue weighted by Gasteiger charge is -2.64. The zero-order valence-corrected chi connectivity index (χ0v) is 84.6. The summed E-state index contributed by atoms with van der Waals surface area (Å²) in [5, 5.41) is 270. The second-order valence-corrected chi connectivity index (χ2v) is 48.9. The van der Waals surface area contributed by atoms with E-state index in [-0.39, 0.29) is 84.4 Å². The molecule has 7 aliphatic heterocycles. The van der Waals surface area contributed by atoms with E-state index in [4.69, 9.17) is 66.3 Å². The second-order valence-electron chi connectivity index (χ2n) is 48.9. The van der Waals surface area contributed by atoms with Gasteiger partial charge in [-0.1, -0.05) is 94.0 Å². The third-order valence-corrected chi connectivity index (χ3v) is 41.0. The molecule has 0 amide bonds. The number of carbonyl (C=O) groups excluding carboxylic acids is 2. The third-order valence-electron chi connectivity index (χ3n) is 41.0. The van der Waals surface area contributed by atoms with E-state index >= 15 is 0 Å². The van der Waals surface area contributed by atoms with Crippen LogP contribution in [0.4, 0.5) is 0 Å². The Kier molecular flexibility index (Phi) is 36.2. The van der Waals surface area contributed by atoms with Crippen LogP contribution in [-0.4, -0.2) is 423 Å². The number of carboxylic acid groups (broad SMARTS) is 1. The molecular weight excluding hydrogens is 1960 g/mol. The fourth-order valence-corrected chi connectivity index (χ4v) is 33.3. The van der Waals surface area contributed by atoms with Crippen molar-refractivity contribution >= 4 is 17.9 Å². The molecule has 26 N–H and O–H groups in total. The minimum Gasteiger partial charge on any atom is -0.481 e. The molecule has 0 radical (unpaired) electrons. The lowest BCUT2D eigenvalue weighted by atomic mass is 9.40. The Labute approximate surface area is 870 Å². The molecule has 7 heterocycles. The first-order valence-electron chi connectivity index (χ1n) is 52.8. The Balaban J connectivity index is 0.000000180. The van der Waals surface area contributed by atoms with Crippen molar-refractivity contribution in [3.05, 3.63) is 36.0 Å². The number of aliphatic hydroxyl groups excluding tert-OH is 25. The zero-order valence-electron chi connectivity index (χ0n) is 84.6. The fourth-order valence-electron chi connectivity index (χ4n) is 33.3. The summed E-state index contributed by atoms with van der Waals surface area (Å²) in [6.45, 7) is 21.0. The molecule has 0 aromatic heterocycles. The van der Waals surface area contributed by atoms with Crippen molar-refractivity contribution in [2.24, 2.45) is 89.7 Å². The van der Waals surface area contributed by atoms with Crippen molar-refractivity contribution in [3.8, 4) is 0 Å². The maximum absolute atomic E-state index is 14.1. The molecule has 11 saturated carbocycles. The summed E-state index contributed by atoms with van der Waals surface area (Å²) in [7, 11) is 0. The van der Waals surface area contributed by atoms with Gasteiger partial charge in [0, 0.05) is 0 Å². The molecule has 19 rings (SSSR count). The van der Waals surface area contributed by atoms with E-state index in [0.29, 0.717) is 88.4 Å². The second kappa shape index (κ2) is 44.7. The van der Waals surface area contributed by atoms with Crippen LogP contribution in [0.1, 0.15) is 245 Å². The highest BCUT2D eigenvalue weighted by atomic mass is 16.8. The number of aliphatic hydroxyl groups is 25. The van der Waals surface area contributed by atoms with Gasteiger partial charge < -0.3 is 199 Å². The first-order valence-corrected chi connectivity index (χ1v) is 52.8. The van der Waals surface area contributed by atoms with E-state index in [0.717, 1.165) is 81.8 Å². The van der Waals surface area contributed by atoms with Gasteiger partial charge in [0.1, 0.15) is 171 Å². The predicted molar refractivity (Wildman–Crippen MR) is 518 cm³/mol. The Morgan fingerprint density at radius 1 is 0.315 bits per heavy atom. The molecule has 12 aliphatic carbocycles.